The average Bonchev–Trinajstić information content (AvgIpc) is 2.37. The summed E-state index contributed by atoms with van der Waals surface area (Å²) in [6.45, 7) is 6.65. The van der Waals surface area contributed by atoms with Gasteiger partial charge < -0.3 is 0 Å². The fourth-order valence-corrected chi connectivity index (χ4v) is 3.12. The van der Waals surface area contributed by atoms with Crippen molar-refractivity contribution in [3.8, 4) is 0 Å². The van der Waals surface area contributed by atoms with Gasteiger partial charge in [0.05, 0.1) is 0 Å². The first kappa shape index (κ1) is 14.3. The summed E-state index contributed by atoms with van der Waals surface area (Å²) in [7, 11) is 0. The van der Waals surface area contributed by atoms with E-state index in [1.54, 1.807) is 0 Å². The molecule has 0 aliphatic heterocycles. The Labute approximate surface area is 125 Å². The van der Waals surface area contributed by atoms with Crippen molar-refractivity contribution < 1.29 is 0 Å². The average molecular weight is 317 g/mol. The quantitative estimate of drug-likeness (QED) is 0.642. The lowest BCUT2D eigenvalue weighted by atomic mass is 9.93. The Balaban J connectivity index is 2.10. The molecule has 19 heavy (non-hydrogen) atoms. The van der Waals surface area contributed by atoms with Crippen LogP contribution in [0.2, 0.25) is 0 Å². The molecule has 2 rings (SSSR count). The van der Waals surface area contributed by atoms with E-state index in [0.29, 0.717) is 10.7 Å². The molecule has 1 heteroatoms. The van der Waals surface area contributed by atoms with Crippen molar-refractivity contribution in [1.29, 1.82) is 0 Å². The minimum atomic E-state index is 0.412. The van der Waals surface area contributed by atoms with E-state index in [9.17, 15) is 0 Å². The lowest BCUT2D eigenvalue weighted by molar-refractivity contribution is 0.572. The van der Waals surface area contributed by atoms with Gasteiger partial charge in [-0.3, -0.25) is 0 Å². The van der Waals surface area contributed by atoms with Crippen LogP contribution < -0.4 is 0 Å². The predicted molar refractivity (Wildman–Crippen MR) is 86.9 cm³/mol. The number of halogens is 1. The zero-order chi connectivity index (χ0) is 13.8. The normalized spacial score (nSPS) is 14.1. The molecule has 0 aliphatic carbocycles. The van der Waals surface area contributed by atoms with Gasteiger partial charge in [-0.15, -0.1) is 0 Å². The van der Waals surface area contributed by atoms with Crippen LogP contribution >= 0.6 is 15.9 Å². The summed E-state index contributed by atoms with van der Waals surface area (Å²) in [6, 6.07) is 17.5. The van der Waals surface area contributed by atoms with Gasteiger partial charge in [-0.05, 0) is 37.3 Å². The third-order valence-corrected chi connectivity index (χ3v) is 4.89. The van der Waals surface area contributed by atoms with Crippen LogP contribution in [0.5, 0.6) is 0 Å². The Morgan fingerprint density at radius 3 is 2.11 bits per heavy atom. The van der Waals surface area contributed by atoms with Gasteiger partial charge in [0.1, 0.15) is 0 Å². The van der Waals surface area contributed by atoms with Gasteiger partial charge in [-0.25, -0.2) is 0 Å². The minimum Gasteiger partial charge on any atom is -0.0836 e. The molecule has 2 aromatic carbocycles. The number of hydrogen-bond acceptors (Lipinski definition) is 0. The second-order valence-corrected chi connectivity index (χ2v) is 6.48. The monoisotopic (exact) mass is 316 g/mol. The summed E-state index contributed by atoms with van der Waals surface area (Å²) in [5.74, 6) is 0.573. The molecule has 0 spiro atoms. The maximum Gasteiger partial charge on any atom is 0.0424 e. The summed E-state index contributed by atoms with van der Waals surface area (Å²) in [5, 5.41) is 0. The highest BCUT2D eigenvalue weighted by Gasteiger charge is 2.16. The second kappa shape index (κ2) is 6.38. The SMILES string of the molecule is Cc1cc(C)cc(CC(C)C(Br)c2ccccc2)c1. The van der Waals surface area contributed by atoms with Crippen LogP contribution in [-0.2, 0) is 6.42 Å². The number of hydrogen-bond donors (Lipinski definition) is 0. The zero-order valence-corrected chi connectivity index (χ0v) is 13.4. The second-order valence-electron chi connectivity index (χ2n) is 5.49. The Morgan fingerprint density at radius 2 is 1.53 bits per heavy atom. The number of rotatable bonds is 4. The summed E-state index contributed by atoms with van der Waals surface area (Å²) >= 11 is 3.85. The molecule has 0 saturated heterocycles. The lowest BCUT2D eigenvalue weighted by Gasteiger charge is -2.19. The minimum absolute atomic E-state index is 0.412. The van der Waals surface area contributed by atoms with Crippen LogP contribution in [0, 0.1) is 19.8 Å². The molecule has 0 amide bonds. The summed E-state index contributed by atoms with van der Waals surface area (Å²) in [4.78, 5) is 0.412. The van der Waals surface area contributed by atoms with Crippen LogP contribution in [0.1, 0.15) is 34.0 Å². The van der Waals surface area contributed by atoms with E-state index >= 15 is 0 Å². The summed E-state index contributed by atoms with van der Waals surface area (Å²) < 4.78 is 0. The van der Waals surface area contributed by atoms with Crippen molar-refractivity contribution in [2.45, 2.75) is 32.0 Å². The molecule has 2 unspecified atom stereocenters. The van der Waals surface area contributed by atoms with E-state index in [1.165, 1.54) is 22.3 Å². The van der Waals surface area contributed by atoms with Crippen molar-refractivity contribution in [3.63, 3.8) is 0 Å². The Bertz CT molecular complexity index is 510. The fraction of sp³-hybridized carbons (Fsp3) is 0.333. The van der Waals surface area contributed by atoms with Gasteiger partial charge >= 0.3 is 0 Å². The molecule has 0 N–H and O–H groups in total. The third-order valence-electron chi connectivity index (χ3n) is 3.46. The summed E-state index contributed by atoms with van der Waals surface area (Å²) in [6.07, 6.45) is 1.10. The van der Waals surface area contributed by atoms with Crippen LogP contribution in [-0.4, -0.2) is 0 Å². The van der Waals surface area contributed by atoms with Crippen molar-refractivity contribution in [2.75, 3.05) is 0 Å². The molecule has 0 aliphatic rings. The Morgan fingerprint density at radius 1 is 0.947 bits per heavy atom. The first-order valence-corrected chi connectivity index (χ1v) is 7.74. The first-order valence-electron chi connectivity index (χ1n) is 6.82. The molecule has 0 heterocycles. The number of benzene rings is 2. The van der Waals surface area contributed by atoms with E-state index in [2.05, 4.69) is 85.2 Å². The van der Waals surface area contributed by atoms with Gasteiger partial charge in [-0.2, -0.15) is 0 Å². The van der Waals surface area contributed by atoms with Crippen molar-refractivity contribution >= 4 is 15.9 Å². The van der Waals surface area contributed by atoms with Crippen LogP contribution in [0.25, 0.3) is 0 Å². The Kier molecular flexibility index (Phi) is 4.81. The molecule has 0 aromatic heterocycles. The smallest absolute Gasteiger partial charge is 0.0424 e. The van der Waals surface area contributed by atoms with Crippen LogP contribution in [0.4, 0.5) is 0 Å². The molecule has 0 nitrogen and oxygen atoms in total. The molecule has 0 fully saturated rings. The maximum atomic E-state index is 3.85. The molecule has 0 radical (unpaired) electrons. The largest absolute Gasteiger partial charge is 0.0836 e. The maximum absolute atomic E-state index is 3.85. The van der Waals surface area contributed by atoms with E-state index in [0.717, 1.165) is 6.42 Å². The molecule has 100 valence electrons. The van der Waals surface area contributed by atoms with E-state index in [1.807, 2.05) is 0 Å². The van der Waals surface area contributed by atoms with Gasteiger partial charge in [0.2, 0.25) is 0 Å². The van der Waals surface area contributed by atoms with Crippen LogP contribution in [0.3, 0.4) is 0 Å². The van der Waals surface area contributed by atoms with Crippen molar-refractivity contribution in [2.24, 2.45) is 5.92 Å². The highest BCUT2D eigenvalue weighted by molar-refractivity contribution is 9.09. The fourth-order valence-electron chi connectivity index (χ4n) is 2.63. The molecule has 0 saturated carbocycles. The number of alkyl halides is 1. The molecule has 0 bridgehead atoms. The Hall–Kier alpha value is -1.08. The van der Waals surface area contributed by atoms with Gasteiger partial charge in [0.25, 0.3) is 0 Å². The third kappa shape index (κ3) is 3.94. The molecular weight excluding hydrogens is 296 g/mol. The van der Waals surface area contributed by atoms with Crippen molar-refractivity contribution in [3.05, 3.63) is 70.8 Å². The highest BCUT2D eigenvalue weighted by atomic mass is 79.9. The standard InChI is InChI=1S/C18H21Br/c1-13-9-14(2)11-16(10-13)12-15(3)18(19)17-7-5-4-6-8-17/h4-11,15,18H,12H2,1-3H3. The van der Waals surface area contributed by atoms with E-state index < -0.39 is 0 Å². The topological polar surface area (TPSA) is 0 Å². The molecule has 2 aromatic rings. The number of aryl methyl sites for hydroxylation is 2. The highest BCUT2D eigenvalue weighted by Crippen LogP contribution is 2.33. The van der Waals surface area contributed by atoms with Gasteiger partial charge in [0, 0.05) is 4.83 Å². The van der Waals surface area contributed by atoms with Gasteiger partial charge in [0.15, 0.2) is 0 Å². The predicted octanol–water partition coefficient (Wildman–Crippen LogP) is 5.62. The van der Waals surface area contributed by atoms with Crippen LogP contribution in [0.15, 0.2) is 48.5 Å². The van der Waals surface area contributed by atoms with Crippen molar-refractivity contribution in [1.82, 2.24) is 0 Å². The molecular formula is C18H21Br. The zero-order valence-electron chi connectivity index (χ0n) is 11.9. The lowest BCUT2D eigenvalue weighted by Crippen LogP contribution is -2.07. The summed E-state index contributed by atoms with van der Waals surface area (Å²) in [5.41, 5.74) is 5.51. The van der Waals surface area contributed by atoms with E-state index in [4.69, 9.17) is 0 Å². The van der Waals surface area contributed by atoms with Gasteiger partial charge in [-0.1, -0.05) is 82.5 Å². The molecule has 2 atom stereocenters. The van der Waals surface area contributed by atoms with E-state index in [-0.39, 0.29) is 0 Å². The first-order chi connectivity index (χ1) is 9.06.